The second-order valence-corrected chi connectivity index (χ2v) is 8.60. The van der Waals surface area contributed by atoms with E-state index in [2.05, 4.69) is 51.2 Å². The molecule has 1 atom stereocenters. The molecule has 0 saturated carbocycles. The number of amides is 2. The normalized spacial score (nSPS) is 12.8. The Balaban J connectivity index is 4.22. The van der Waals surface area contributed by atoms with Gasteiger partial charge >= 0.3 is 5.97 Å². The van der Waals surface area contributed by atoms with E-state index in [0.717, 1.165) is 25.7 Å². The zero-order chi connectivity index (χ0) is 22.9. The standard InChI is InChI=1S/C22H37N3O4S/c1-16(2)7-5-8-17(3)9-6-10-18(4)13-14-30-15-19(22(28)29)24-20(26)11-12-21(27)25-23/h7,9,13,19H,5-6,8,10-12,14-15,23H2,1-4H3,(H,24,26)(H,25,27)(H,28,29)/b17-9+,18-13+. The molecule has 7 nitrogen and oxygen atoms in total. The number of hydrogen-bond donors (Lipinski definition) is 4. The van der Waals surface area contributed by atoms with Gasteiger partial charge in [0.15, 0.2) is 0 Å². The predicted octanol–water partition coefficient (Wildman–Crippen LogP) is 3.48. The fourth-order valence-corrected chi connectivity index (χ4v) is 3.47. The third-order valence-corrected chi connectivity index (χ3v) is 5.30. The molecule has 170 valence electrons. The Morgan fingerprint density at radius 3 is 2.03 bits per heavy atom. The summed E-state index contributed by atoms with van der Waals surface area (Å²) in [7, 11) is 0. The highest BCUT2D eigenvalue weighted by Crippen LogP contribution is 2.13. The maximum absolute atomic E-state index is 11.8. The number of hydrazine groups is 1. The van der Waals surface area contributed by atoms with E-state index in [1.54, 1.807) is 0 Å². The number of carboxylic acids is 1. The lowest BCUT2D eigenvalue weighted by molar-refractivity contribution is -0.141. The Bertz CT molecular complexity index is 653. The molecular weight excluding hydrogens is 402 g/mol. The number of nitrogens with two attached hydrogens (primary N) is 1. The number of nitrogens with one attached hydrogen (secondary N) is 2. The number of hydrogen-bond acceptors (Lipinski definition) is 5. The highest BCUT2D eigenvalue weighted by atomic mass is 32.2. The molecular formula is C22H37N3O4S. The molecule has 0 aliphatic carbocycles. The fraction of sp³-hybridized carbons (Fsp3) is 0.591. The highest BCUT2D eigenvalue weighted by molar-refractivity contribution is 7.99. The van der Waals surface area contributed by atoms with E-state index in [1.807, 2.05) is 5.43 Å². The molecule has 8 heteroatoms. The van der Waals surface area contributed by atoms with Crippen LogP contribution in [-0.4, -0.2) is 40.4 Å². The fourth-order valence-electron chi connectivity index (χ4n) is 2.47. The molecule has 0 aromatic carbocycles. The average Bonchev–Trinajstić information content (AvgIpc) is 2.67. The first-order valence-corrected chi connectivity index (χ1v) is 11.3. The molecule has 0 rings (SSSR count). The first-order valence-electron chi connectivity index (χ1n) is 10.2. The molecule has 0 spiro atoms. The van der Waals surface area contributed by atoms with Crippen LogP contribution >= 0.6 is 11.8 Å². The number of carboxylic acid groups (broad SMARTS) is 1. The summed E-state index contributed by atoms with van der Waals surface area (Å²) in [6.45, 7) is 8.46. The van der Waals surface area contributed by atoms with Crippen molar-refractivity contribution in [1.82, 2.24) is 10.7 Å². The van der Waals surface area contributed by atoms with E-state index in [1.165, 1.54) is 28.5 Å². The van der Waals surface area contributed by atoms with E-state index in [4.69, 9.17) is 5.84 Å². The third-order valence-electron chi connectivity index (χ3n) is 4.33. The average molecular weight is 440 g/mol. The Kier molecular flexibility index (Phi) is 15.6. The van der Waals surface area contributed by atoms with Crippen molar-refractivity contribution in [3.8, 4) is 0 Å². The van der Waals surface area contributed by atoms with Gasteiger partial charge in [-0.3, -0.25) is 15.0 Å². The molecule has 0 bridgehead atoms. The van der Waals surface area contributed by atoms with Gasteiger partial charge in [0.1, 0.15) is 6.04 Å². The lowest BCUT2D eigenvalue weighted by Gasteiger charge is -2.13. The van der Waals surface area contributed by atoms with Crippen LogP contribution in [0.1, 0.15) is 66.2 Å². The monoisotopic (exact) mass is 439 g/mol. The Morgan fingerprint density at radius 2 is 1.47 bits per heavy atom. The first kappa shape index (κ1) is 27.9. The highest BCUT2D eigenvalue weighted by Gasteiger charge is 2.19. The molecule has 0 radical (unpaired) electrons. The molecule has 0 saturated heterocycles. The van der Waals surface area contributed by atoms with Crippen LogP contribution in [0.25, 0.3) is 0 Å². The van der Waals surface area contributed by atoms with E-state index in [9.17, 15) is 19.5 Å². The van der Waals surface area contributed by atoms with Crippen molar-refractivity contribution in [3.05, 3.63) is 34.9 Å². The van der Waals surface area contributed by atoms with E-state index >= 15 is 0 Å². The number of thioether (sulfide) groups is 1. The van der Waals surface area contributed by atoms with Crippen molar-refractivity contribution < 1.29 is 19.5 Å². The number of aliphatic carboxylic acids is 1. The van der Waals surface area contributed by atoms with E-state index < -0.39 is 23.8 Å². The summed E-state index contributed by atoms with van der Waals surface area (Å²) < 4.78 is 0. The first-order chi connectivity index (χ1) is 14.1. The van der Waals surface area contributed by atoms with Crippen molar-refractivity contribution >= 4 is 29.5 Å². The quantitative estimate of drug-likeness (QED) is 0.102. The molecule has 2 amide bonds. The van der Waals surface area contributed by atoms with Crippen molar-refractivity contribution in [2.45, 2.75) is 72.3 Å². The number of carbonyl (C=O) groups is 3. The molecule has 0 aliphatic rings. The molecule has 0 heterocycles. The van der Waals surface area contributed by atoms with Crippen LogP contribution in [0.3, 0.4) is 0 Å². The van der Waals surface area contributed by atoms with Crippen LogP contribution < -0.4 is 16.6 Å². The van der Waals surface area contributed by atoms with Gasteiger partial charge in [-0.05, 0) is 53.4 Å². The van der Waals surface area contributed by atoms with Crippen LogP contribution in [0, 0.1) is 0 Å². The molecule has 0 aromatic rings. The Labute approximate surface area is 184 Å². The van der Waals surface area contributed by atoms with Crippen molar-refractivity contribution in [2.24, 2.45) is 5.84 Å². The SMILES string of the molecule is CC(C)=CCC/C(C)=C/CC/C(C)=C/CSCC(NC(=O)CCC(=O)NN)C(=O)O. The summed E-state index contributed by atoms with van der Waals surface area (Å²) in [6, 6.07) is -0.983. The van der Waals surface area contributed by atoms with Gasteiger partial charge in [-0.1, -0.05) is 34.9 Å². The van der Waals surface area contributed by atoms with Crippen LogP contribution in [0.2, 0.25) is 0 Å². The Hall–Kier alpha value is -2.06. The van der Waals surface area contributed by atoms with Crippen molar-refractivity contribution in [3.63, 3.8) is 0 Å². The lowest BCUT2D eigenvalue weighted by atomic mass is 10.1. The summed E-state index contributed by atoms with van der Waals surface area (Å²) in [5, 5.41) is 11.7. The van der Waals surface area contributed by atoms with Gasteiger partial charge in [0.2, 0.25) is 11.8 Å². The number of allylic oxidation sites excluding steroid dienone is 5. The third kappa shape index (κ3) is 15.8. The summed E-state index contributed by atoms with van der Waals surface area (Å²) >= 11 is 1.45. The number of carbonyl (C=O) groups excluding carboxylic acids is 2. The zero-order valence-corrected chi connectivity index (χ0v) is 19.4. The van der Waals surface area contributed by atoms with Crippen molar-refractivity contribution in [1.29, 1.82) is 0 Å². The molecule has 30 heavy (non-hydrogen) atoms. The zero-order valence-electron chi connectivity index (χ0n) is 18.6. The number of rotatable bonds is 15. The minimum absolute atomic E-state index is 0.0768. The molecule has 0 fully saturated rings. The second-order valence-electron chi connectivity index (χ2n) is 7.52. The maximum Gasteiger partial charge on any atom is 0.327 e. The summed E-state index contributed by atoms with van der Waals surface area (Å²) in [5.74, 6) is 3.86. The van der Waals surface area contributed by atoms with Gasteiger partial charge in [0, 0.05) is 24.3 Å². The smallest absolute Gasteiger partial charge is 0.327 e. The topological polar surface area (TPSA) is 122 Å². The summed E-state index contributed by atoms with van der Waals surface area (Å²) in [5.41, 5.74) is 5.95. The molecule has 1 unspecified atom stereocenters. The van der Waals surface area contributed by atoms with Gasteiger partial charge in [-0.25, -0.2) is 10.6 Å². The van der Waals surface area contributed by atoms with Gasteiger partial charge in [0.05, 0.1) is 0 Å². The van der Waals surface area contributed by atoms with Crippen LogP contribution in [0.5, 0.6) is 0 Å². The van der Waals surface area contributed by atoms with Gasteiger partial charge < -0.3 is 10.4 Å². The second kappa shape index (κ2) is 16.7. The van der Waals surface area contributed by atoms with Crippen molar-refractivity contribution in [2.75, 3.05) is 11.5 Å². The van der Waals surface area contributed by atoms with Gasteiger partial charge in [-0.2, -0.15) is 11.8 Å². The van der Waals surface area contributed by atoms with Gasteiger partial charge in [-0.15, -0.1) is 0 Å². The minimum atomic E-state index is -1.09. The van der Waals surface area contributed by atoms with E-state index in [-0.39, 0.29) is 18.6 Å². The Morgan fingerprint density at radius 1 is 0.900 bits per heavy atom. The minimum Gasteiger partial charge on any atom is -0.480 e. The largest absolute Gasteiger partial charge is 0.480 e. The van der Waals surface area contributed by atoms with Crippen LogP contribution in [0.15, 0.2) is 34.9 Å². The maximum atomic E-state index is 11.8. The molecule has 0 aromatic heterocycles. The van der Waals surface area contributed by atoms with Crippen LogP contribution in [-0.2, 0) is 14.4 Å². The van der Waals surface area contributed by atoms with E-state index in [0.29, 0.717) is 5.75 Å². The lowest BCUT2D eigenvalue weighted by Crippen LogP contribution is -2.43. The molecule has 5 N–H and O–H groups in total. The van der Waals surface area contributed by atoms with Gasteiger partial charge in [0.25, 0.3) is 0 Å². The predicted molar refractivity (Wildman–Crippen MR) is 124 cm³/mol. The summed E-state index contributed by atoms with van der Waals surface area (Å²) in [4.78, 5) is 34.1. The van der Waals surface area contributed by atoms with Crippen LogP contribution in [0.4, 0.5) is 0 Å². The summed E-state index contributed by atoms with van der Waals surface area (Å²) in [6.07, 6.45) is 10.6. The molecule has 0 aliphatic heterocycles.